The van der Waals surface area contributed by atoms with Gasteiger partial charge in [0.25, 0.3) is 5.91 Å². The number of aryl methyl sites for hydroxylation is 1. The van der Waals surface area contributed by atoms with Crippen molar-refractivity contribution in [1.29, 1.82) is 0 Å². The minimum atomic E-state index is -4.44. The second-order valence-corrected chi connectivity index (χ2v) is 7.73. The summed E-state index contributed by atoms with van der Waals surface area (Å²) in [6.07, 6.45) is 1.16. The van der Waals surface area contributed by atoms with Gasteiger partial charge in [-0.2, -0.15) is 18.3 Å². The van der Waals surface area contributed by atoms with Crippen LogP contribution in [0.15, 0.2) is 36.9 Å². The van der Waals surface area contributed by atoms with E-state index in [4.69, 9.17) is 14.5 Å². The highest BCUT2D eigenvalue weighted by Crippen LogP contribution is 2.43. The largest absolute Gasteiger partial charge is 0.492 e. The van der Waals surface area contributed by atoms with Crippen LogP contribution in [0.1, 0.15) is 35.5 Å². The molecule has 0 N–H and O–H groups in total. The number of hydrogen-bond acceptors (Lipinski definition) is 6. The molecule has 0 bridgehead atoms. The summed E-state index contributed by atoms with van der Waals surface area (Å²) in [5, 5.41) is 3.76. The summed E-state index contributed by atoms with van der Waals surface area (Å²) in [6, 6.07) is 3.56. The Morgan fingerprint density at radius 3 is 2.61 bits per heavy atom. The molecule has 1 atom stereocenters. The lowest BCUT2D eigenvalue weighted by Crippen LogP contribution is -2.43. The molecule has 4 heterocycles. The number of nitrogens with zero attached hydrogens (tertiary/aromatic N) is 5. The molecule has 0 fully saturated rings. The SMILES string of the molecule is CCOc1cncc(-c2cc(C)c3c(n2)C(C)(OC)N(c2cnn(CC(F)(F)F)c2)C3=O)c1. The Morgan fingerprint density at radius 1 is 1.18 bits per heavy atom. The molecule has 4 rings (SSSR count). The molecular formula is C22H22F3N5O3. The Morgan fingerprint density at radius 2 is 1.94 bits per heavy atom. The minimum absolute atomic E-state index is 0.174. The molecule has 8 nitrogen and oxygen atoms in total. The van der Waals surface area contributed by atoms with Crippen LogP contribution >= 0.6 is 0 Å². The van der Waals surface area contributed by atoms with E-state index >= 15 is 0 Å². The van der Waals surface area contributed by atoms with Crippen LogP contribution in [0.4, 0.5) is 18.9 Å². The van der Waals surface area contributed by atoms with E-state index in [1.807, 2.05) is 6.92 Å². The van der Waals surface area contributed by atoms with Gasteiger partial charge in [-0.25, -0.2) is 4.98 Å². The molecule has 3 aromatic heterocycles. The minimum Gasteiger partial charge on any atom is -0.492 e. The maximum Gasteiger partial charge on any atom is 0.408 e. The standard InChI is InChI=1S/C22H22F3N5O3/c1-5-33-16-7-14(8-26-10-16)17-6-13(2)18-19(28-17)21(3,32-4)30(20(18)31)15-9-27-29(11-15)12-22(23,24)25/h6-11H,5,12H2,1-4H3. The van der Waals surface area contributed by atoms with E-state index in [1.165, 1.54) is 24.4 Å². The number of carbonyl (C=O) groups excluding carboxylic acids is 1. The molecule has 0 saturated heterocycles. The zero-order valence-electron chi connectivity index (χ0n) is 18.5. The summed E-state index contributed by atoms with van der Waals surface area (Å²) in [7, 11) is 1.41. The maximum absolute atomic E-state index is 13.4. The number of fused-ring (bicyclic) bond motifs is 1. The van der Waals surface area contributed by atoms with Gasteiger partial charge in [0.15, 0.2) is 5.72 Å². The van der Waals surface area contributed by atoms with Gasteiger partial charge in [-0.15, -0.1) is 0 Å². The summed E-state index contributed by atoms with van der Waals surface area (Å²) in [5.41, 5.74) is 1.41. The maximum atomic E-state index is 13.4. The quantitative estimate of drug-likeness (QED) is 0.550. The number of rotatable bonds is 6. The van der Waals surface area contributed by atoms with Gasteiger partial charge < -0.3 is 9.47 Å². The van der Waals surface area contributed by atoms with Crippen LogP contribution in [-0.2, 0) is 17.0 Å². The van der Waals surface area contributed by atoms with E-state index in [9.17, 15) is 18.0 Å². The Bertz CT molecular complexity index is 1210. The highest BCUT2D eigenvalue weighted by Gasteiger charge is 2.50. The zero-order chi connectivity index (χ0) is 24.0. The number of methoxy groups -OCH3 is 1. The second kappa shape index (κ2) is 8.14. The first-order chi connectivity index (χ1) is 15.6. The first-order valence-electron chi connectivity index (χ1n) is 10.2. The van der Waals surface area contributed by atoms with E-state index in [2.05, 4.69) is 10.1 Å². The molecule has 3 aromatic rings. The molecule has 174 valence electrons. The van der Waals surface area contributed by atoms with Crippen molar-refractivity contribution >= 4 is 11.6 Å². The van der Waals surface area contributed by atoms with Gasteiger partial charge >= 0.3 is 6.18 Å². The number of anilines is 1. The van der Waals surface area contributed by atoms with Crippen LogP contribution in [0.3, 0.4) is 0 Å². The third kappa shape index (κ3) is 4.04. The predicted octanol–water partition coefficient (Wildman–Crippen LogP) is 4.09. The van der Waals surface area contributed by atoms with Gasteiger partial charge in [-0.05, 0) is 38.5 Å². The molecule has 0 radical (unpaired) electrons. The summed E-state index contributed by atoms with van der Waals surface area (Å²) in [4.78, 5) is 23.6. The van der Waals surface area contributed by atoms with Gasteiger partial charge in [-0.3, -0.25) is 19.4 Å². The van der Waals surface area contributed by atoms with Crippen LogP contribution in [0.25, 0.3) is 11.3 Å². The van der Waals surface area contributed by atoms with Crippen molar-refractivity contribution in [1.82, 2.24) is 19.7 Å². The van der Waals surface area contributed by atoms with Crippen molar-refractivity contribution in [3.05, 3.63) is 53.7 Å². The van der Waals surface area contributed by atoms with Crippen molar-refractivity contribution in [2.24, 2.45) is 0 Å². The van der Waals surface area contributed by atoms with Crippen LogP contribution in [-0.4, -0.2) is 45.5 Å². The van der Waals surface area contributed by atoms with Crippen molar-refractivity contribution in [2.45, 2.75) is 39.2 Å². The molecule has 1 amide bonds. The van der Waals surface area contributed by atoms with Gasteiger partial charge in [0.2, 0.25) is 0 Å². The molecule has 11 heteroatoms. The van der Waals surface area contributed by atoms with Crippen molar-refractivity contribution in [3.8, 4) is 17.0 Å². The lowest BCUT2D eigenvalue weighted by atomic mass is 10.0. The monoisotopic (exact) mass is 461 g/mol. The number of pyridine rings is 2. The van der Waals surface area contributed by atoms with E-state index in [1.54, 1.807) is 38.4 Å². The summed E-state index contributed by atoms with van der Waals surface area (Å²) < 4.78 is 50.3. The Kier molecular flexibility index (Phi) is 5.61. The molecule has 1 aliphatic rings. The highest BCUT2D eigenvalue weighted by molar-refractivity contribution is 6.12. The number of ether oxygens (including phenoxy) is 2. The number of carbonyl (C=O) groups is 1. The molecule has 33 heavy (non-hydrogen) atoms. The molecule has 0 aromatic carbocycles. The van der Waals surface area contributed by atoms with Crippen LogP contribution in [0, 0.1) is 6.92 Å². The van der Waals surface area contributed by atoms with E-state index in [0.29, 0.717) is 40.4 Å². The summed E-state index contributed by atoms with van der Waals surface area (Å²) in [6.45, 7) is 4.49. The molecular weight excluding hydrogens is 439 g/mol. The fraction of sp³-hybridized carbons (Fsp3) is 0.364. The number of alkyl halides is 3. The first kappa shape index (κ1) is 22.7. The Hall–Kier alpha value is -3.47. The van der Waals surface area contributed by atoms with Gasteiger partial charge in [-0.1, -0.05) is 0 Å². The second-order valence-electron chi connectivity index (χ2n) is 7.73. The highest BCUT2D eigenvalue weighted by atomic mass is 19.4. The molecule has 1 unspecified atom stereocenters. The smallest absolute Gasteiger partial charge is 0.408 e. The molecule has 1 aliphatic heterocycles. The third-order valence-corrected chi connectivity index (χ3v) is 5.44. The Labute approximate surface area is 188 Å². The number of amides is 1. The van der Waals surface area contributed by atoms with Gasteiger partial charge in [0, 0.05) is 25.1 Å². The average molecular weight is 461 g/mol. The molecule has 0 saturated carbocycles. The van der Waals surface area contributed by atoms with Crippen LogP contribution in [0.5, 0.6) is 5.75 Å². The van der Waals surface area contributed by atoms with Crippen molar-refractivity contribution in [3.63, 3.8) is 0 Å². The fourth-order valence-electron chi connectivity index (χ4n) is 3.93. The normalized spacial score (nSPS) is 18.0. The molecule has 0 spiro atoms. The summed E-state index contributed by atoms with van der Waals surface area (Å²) in [5.74, 6) is 0.151. The fourth-order valence-corrected chi connectivity index (χ4v) is 3.93. The Balaban J connectivity index is 1.79. The predicted molar refractivity (Wildman–Crippen MR) is 113 cm³/mol. The number of halogens is 3. The van der Waals surface area contributed by atoms with Gasteiger partial charge in [0.1, 0.15) is 18.0 Å². The zero-order valence-corrected chi connectivity index (χ0v) is 18.5. The van der Waals surface area contributed by atoms with Crippen molar-refractivity contribution in [2.75, 3.05) is 18.6 Å². The van der Waals surface area contributed by atoms with E-state index in [-0.39, 0.29) is 5.69 Å². The van der Waals surface area contributed by atoms with Crippen LogP contribution in [0.2, 0.25) is 0 Å². The first-order valence-corrected chi connectivity index (χ1v) is 10.2. The lowest BCUT2D eigenvalue weighted by Gasteiger charge is -2.32. The third-order valence-electron chi connectivity index (χ3n) is 5.44. The van der Waals surface area contributed by atoms with E-state index in [0.717, 1.165) is 4.68 Å². The summed E-state index contributed by atoms with van der Waals surface area (Å²) >= 11 is 0. The van der Waals surface area contributed by atoms with Crippen LogP contribution < -0.4 is 9.64 Å². The number of aromatic nitrogens is 4. The topological polar surface area (TPSA) is 82.4 Å². The average Bonchev–Trinajstić information content (AvgIpc) is 3.27. The van der Waals surface area contributed by atoms with E-state index < -0.39 is 24.4 Å². The lowest BCUT2D eigenvalue weighted by molar-refractivity contribution is -0.142. The van der Waals surface area contributed by atoms with Gasteiger partial charge in [0.05, 0.1) is 35.9 Å². The number of hydrogen-bond donors (Lipinski definition) is 0. The molecule has 0 aliphatic carbocycles. The van der Waals surface area contributed by atoms with Crippen molar-refractivity contribution < 1.29 is 27.4 Å².